The number of rotatable bonds is 7. The molecule has 1 N–H and O–H groups in total. The van der Waals surface area contributed by atoms with Gasteiger partial charge in [-0.25, -0.2) is 9.78 Å². The molecule has 0 atom stereocenters. The maximum atomic E-state index is 10.7. The van der Waals surface area contributed by atoms with Crippen LogP contribution in [-0.4, -0.2) is 46.8 Å². The summed E-state index contributed by atoms with van der Waals surface area (Å²) in [5.41, 5.74) is 0.765. The van der Waals surface area contributed by atoms with Crippen LogP contribution in [0.15, 0.2) is 17.7 Å². The Morgan fingerprint density at radius 2 is 2.38 bits per heavy atom. The van der Waals surface area contributed by atoms with E-state index in [2.05, 4.69) is 4.98 Å². The highest BCUT2D eigenvalue weighted by molar-refractivity contribution is 7.15. The molecule has 0 spiro atoms. The molecule has 0 aromatic carbocycles. The molecule has 2 rings (SSSR count). The molecule has 2 aromatic heterocycles. The fourth-order valence-corrected chi connectivity index (χ4v) is 2.63. The molecule has 0 aliphatic heterocycles. The molecule has 2 heterocycles. The van der Waals surface area contributed by atoms with Gasteiger partial charge in [-0.05, 0) is 19.9 Å². The fourth-order valence-electron chi connectivity index (χ4n) is 1.91. The van der Waals surface area contributed by atoms with Crippen LogP contribution in [0.2, 0.25) is 0 Å². The number of nitrogens with zero attached hydrogens (tertiary/aromatic N) is 3. The summed E-state index contributed by atoms with van der Waals surface area (Å²) in [6, 6.07) is 0. The number of aromatic nitrogens is 2. The predicted molar refractivity (Wildman–Crippen MR) is 84.1 cm³/mol. The Labute approximate surface area is 127 Å². The van der Waals surface area contributed by atoms with Crippen molar-refractivity contribution in [1.82, 2.24) is 9.38 Å². The highest BCUT2D eigenvalue weighted by Crippen LogP contribution is 2.25. The zero-order chi connectivity index (χ0) is 15.4. The predicted octanol–water partition coefficient (Wildman–Crippen LogP) is 2.35. The molecule has 0 aliphatic carbocycles. The monoisotopic (exact) mass is 309 g/mol. The summed E-state index contributed by atoms with van der Waals surface area (Å²) in [6.07, 6.45) is 4.78. The number of thiazole rings is 1. The summed E-state index contributed by atoms with van der Waals surface area (Å²) in [4.78, 5) is 18.1. The zero-order valence-corrected chi connectivity index (χ0v) is 13.1. The van der Waals surface area contributed by atoms with E-state index in [0.29, 0.717) is 13.2 Å². The van der Waals surface area contributed by atoms with Crippen LogP contribution in [0.25, 0.3) is 11.0 Å². The van der Waals surface area contributed by atoms with Gasteiger partial charge in [0, 0.05) is 31.2 Å². The Morgan fingerprint density at radius 3 is 3.05 bits per heavy atom. The number of aliphatic carboxylic acids is 1. The molecule has 0 saturated heterocycles. The fraction of sp³-hybridized carbons (Fsp3) is 0.429. The van der Waals surface area contributed by atoms with E-state index in [0.717, 1.165) is 22.5 Å². The van der Waals surface area contributed by atoms with E-state index in [-0.39, 0.29) is 6.10 Å². The van der Waals surface area contributed by atoms with Gasteiger partial charge in [-0.2, -0.15) is 0 Å². The molecule has 114 valence electrons. The average molecular weight is 309 g/mol. The minimum absolute atomic E-state index is 0.190. The van der Waals surface area contributed by atoms with Gasteiger partial charge >= 0.3 is 5.97 Å². The third-order valence-electron chi connectivity index (χ3n) is 2.90. The van der Waals surface area contributed by atoms with Crippen LogP contribution in [0.3, 0.4) is 0 Å². The number of anilines is 1. The standard InChI is InChI=1S/C14H19N3O3S/c1-10(2)20-8-6-16(3)13-11(4-5-12(18)19)17-7-9-21-14(17)15-13/h4-5,7,9-10H,6,8H2,1-3H3,(H,18,19)/b5-4+. The van der Waals surface area contributed by atoms with Crippen molar-refractivity contribution in [1.29, 1.82) is 0 Å². The highest BCUT2D eigenvalue weighted by Gasteiger charge is 2.15. The molecule has 0 radical (unpaired) electrons. The van der Waals surface area contributed by atoms with Gasteiger partial charge in [-0.1, -0.05) is 0 Å². The third kappa shape index (κ3) is 3.83. The van der Waals surface area contributed by atoms with Crippen LogP contribution in [0.4, 0.5) is 5.82 Å². The van der Waals surface area contributed by atoms with Gasteiger partial charge in [0.15, 0.2) is 10.8 Å². The first-order valence-electron chi connectivity index (χ1n) is 6.68. The highest BCUT2D eigenvalue weighted by atomic mass is 32.1. The summed E-state index contributed by atoms with van der Waals surface area (Å²) in [5.74, 6) is -0.219. The number of carbonyl (C=O) groups is 1. The number of carboxylic acids is 1. The number of ether oxygens (including phenoxy) is 1. The molecular weight excluding hydrogens is 290 g/mol. The lowest BCUT2D eigenvalue weighted by molar-refractivity contribution is -0.131. The molecule has 0 unspecified atom stereocenters. The first-order chi connectivity index (χ1) is 9.99. The van der Waals surface area contributed by atoms with Gasteiger partial charge in [0.25, 0.3) is 0 Å². The quantitative estimate of drug-likeness (QED) is 0.795. The van der Waals surface area contributed by atoms with Gasteiger partial charge in [-0.3, -0.25) is 4.40 Å². The van der Waals surface area contributed by atoms with E-state index in [1.165, 1.54) is 11.3 Å². The maximum Gasteiger partial charge on any atom is 0.328 e. The topological polar surface area (TPSA) is 67.1 Å². The van der Waals surface area contributed by atoms with Crippen LogP contribution >= 0.6 is 11.3 Å². The molecular formula is C14H19N3O3S. The number of likely N-dealkylation sites (N-methyl/N-ethyl adjacent to an activating group) is 1. The van der Waals surface area contributed by atoms with Crippen molar-refractivity contribution in [2.75, 3.05) is 25.1 Å². The second-order valence-electron chi connectivity index (χ2n) is 4.89. The lowest BCUT2D eigenvalue weighted by Crippen LogP contribution is -2.24. The number of hydrogen-bond acceptors (Lipinski definition) is 5. The third-order valence-corrected chi connectivity index (χ3v) is 3.66. The van der Waals surface area contributed by atoms with Crippen LogP contribution in [0, 0.1) is 0 Å². The second-order valence-corrected chi connectivity index (χ2v) is 5.76. The Balaban J connectivity index is 2.23. The van der Waals surface area contributed by atoms with Crippen molar-refractivity contribution in [3.05, 3.63) is 23.3 Å². The Kier molecular flexibility index (Phi) is 4.98. The summed E-state index contributed by atoms with van der Waals surface area (Å²) in [7, 11) is 1.92. The molecule has 21 heavy (non-hydrogen) atoms. The minimum Gasteiger partial charge on any atom is -0.478 e. The Bertz CT molecular complexity index is 645. The molecule has 0 aliphatic rings. The number of fused-ring (bicyclic) bond motifs is 1. The van der Waals surface area contributed by atoms with E-state index < -0.39 is 5.97 Å². The van der Waals surface area contributed by atoms with Crippen molar-refractivity contribution in [3.8, 4) is 0 Å². The Morgan fingerprint density at radius 1 is 1.62 bits per heavy atom. The average Bonchev–Trinajstić information content (AvgIpc) is 2.96. The zero-order valence-electron chi connectivity index (χ0n) is 12.3. The number of imidazole rings is 1. The summed E-state index contributed by atoms with van der Waals surface area (Å²) >= 11 is 1.52. The minimum atomic E-state index is -0.975. The number of carboxylic acid groups (broad SMARTS) is 1. The molecule has 0 fully saturated rings. The number of hydrogen-bond donors (Lipinski definition) is 1. The van der Waals surface area contributed by atoms with Crippen LogP contribution in [0.1, 0.15) is 19.5 Å². The van der Waals surface area contributed by atoms with E-state index in [4.69, 9.17) is 9.84 Å². The van der Waals surface area contributed by atoms with Crippen LogP contribution in [0.5, 0.6) is 0 Å². The molecule has 0 saturated carbocycles. The lowest BCUT2D eigenvalue weighted by Gasteiger charge is -2.18. The van der Waals surface area contributed by atoms with Gasteiger partial charge in [0.1, 0.15) is 0 Å². The van der Waals surface area contributed by atoms with Crippen molar-refractivity contribution in [3.63, 3.8) is 0 Å². The van der Waals surface area contributed by atoms with Crippen molar-refractivity contribution in [2.24, 2.45) is 0 Å². The largest absolute Gasteiger partial charge is 0.478 e. The maximum absolute atomic E-state index is 10.7. The van der Waals surface area contributed by atoms with Crippen molar-refractivity contribution < 1.29 is 14.6 Å². The van der Waals surface area contributed by atoms with E-state index >= 15 is 0 Å². The SMILES string of the molecule is CC(C)OCCN(C)c1nc2sccn2c1/C=C/C(=O)O. The van der Waals surface area contributed by atoms with Crippen LogP contribution in [-0.2, 0) is 9.53 Å². The molecule has 6 nitrogen and oxygen atoms in total. The Hall–Kier alpha value is -1.86. The second kappa shape index (κ2) is 6.73. The smallest absolute Gasteiger partial charge is 0.328 e. The van der Waals surface area contributed by atoms with E-state index in [9.17, 15) is 4.79 Å². The van der Waals surface area contributed by atoms with Crippen molar-refractivity contribution in [2.45, 2.75) is 20.0 Å². The van der Waals surface area contributed by atoms with Crippen LogP contribution < -0.4 is 4.90 Å². The first kappa shape index (κ1) is 15.5. The van der Waals surface area contributed by atoms with E-state index in [1.807, 2.05) is 41.8 Å². The van der Waals surface area contributed by atoms with Gasteiger partial charge in [0.2, 0.25) is 0 Å². The summed E-state index contributed by atoms with van der Waals surface area (Å²) in [5, 5.41) is 10.7. The van der Waals surface area contributed by atoms with Crippen molar-refractivity contribution >= 4 is 34.2 Å². The molecule has 2 aromatic rings. The van der Waals surface area contributed by atoms with E-state index in [1.54, 1.807) is 6.08 Å². The van der Waals surface area contributed by atoms with Gasteiger partial charge < -0.3 is 14.7 Å². The summed E-state index contributed by atoms with van der Waals surface area (Å²) < 4.78 is 7.43. The molecule has 0 amide bonds. The first-order valence-corrected chi connectivity index (χ1v) is 7.56. The molecule has 0 bridgehead atoms. The molecule has 7 heteroatoms. The normalized spacial score (nSPS) is 11.8. The van der Waals surface area contributed by atoms with Gasteiger partial charge in [0.05, 0.1) is 18.4 Å². The van der Waals surface area contributed by atoms with Gasteiger partial charge in [-0.15, -0.1) is 11.3 Å². The lowest BCUT2D eigenvalue weighted by atomic mass is 10.3. The summed E-state index contributed by atoms with van der Waals surface area (Å²) in [6.45, 7) is 5.28.